The first-order valence-corrected chi connectivity index (χ1v) is 12.0. The van der Waals surface area contributed by atoms with Crippen molar-refractivity contribution in [2.45, 2.75) is 58.1 Å². The van der Waals surface area contributed by atoms with Gasteiger partial charge in [0, 0.05) is 60.3 Å². The second kappa shape index (κ2) is 8.91. The van der Waals surface area contributed by atoms with Gasteiger partial charge in [0.15, 0.2) is 0 Å². The van der Waals surface area contributed by atoms with Crippen molar-refractivity contribution in [2.75, 3.05) is 32.7 Å². The number of hydrogen-bond donors (Lipinski definition) is 0. The Morgan fingerprint density at radius 3 is 2.43 bits per heavy atom. The lowest BCUT2D eigenvalue weighted by atomic mass is 9.85. The lowest BCUT2D eigenvalue weighted by molar-refractivity contribution is 0.0126. The molecule has 0 spiro atoms. The summed E-state index contributed by atoms with van der Waals surface area (Å²) in [5, 5.41) is 1.31. The first-order valence-electron chi connectivity index (χ1n) is 11.2. The molecule has 4 rings (SSSR count). The highest BCUT2D eigenvalue weighted by molar-refractivity contribution is 9.10. The van der Waals surface area contributed by atoms with Crippen molar-refractivity contribution in [1.29, 1.82) is 0 Å². The average Bonchev–Trinajstić information content (AvgIpc) is 3.11. The van der Waals surface area contributed by atoms with Crippen LogP contribution in [0.1, 0.15) is 52.5 Å². The fourth-order valence-electron chi connectivity index (χ4n) is 4.86. The highest BCUT2D eigenvalue weighted by atomic mass is 79.9. The zero-order valence-corrected chi connectivity index (χ0v) is 20.0. The van der Waals surface area contributed by atoms with Gasteiger partial charge in [-0.05, 0) is 76.6 Å². The topological polar surface area (TPSA) is 37.7 Å². The molecular formula is C24H34BrN3O2. The highest BCUT2D eigenvalue weighted by Crippen LogP contribution is 2.35. The molecule has 0 atom stereocenters. The van der Waals surface area contributed by atoms with Crippen LogP contribution in [-0.2, 0) is 4.74 Å². The Morgan fingerprint density at radius 1 is 1.07 bits per heavy atom. The van der Waals surface area contributed by atoms with E-state index in [0.29, 0.717) is 6.04 Å². The van der Waals surface area contributed by atoms with Gasteiger partial charge in [-0.1, -0.05) is 15.9 Å². The van der Waals surface area contributed by atoms with Crippen LogP contribution in [0.5, 0.6) is 0 Å². The first-order chi connectivity index (χ1) is 14.3. The number of benzene rings is 1. The Labute approximate surface area is 188 Å². The normalized spacial score (nSPS) is 23.7. The summed E-state index contributed by atoms with van der Waals surface area (Å²) in [6, 6.07) is 9.42. The third-order valence-electron chi connectivity index (χ3n) is 6.43. The van der Waals surface area contributed by atoms with E-state index < -0.39 is 5.60 Å². The molecular weight excluding hydrogens is 442 g/mol. The molecule has 1 aliphatic carbocycles. The van der Waals surface area contributed by atoms with Crippen molar-refractivity contribution in [1.82, 2.24) is 14.4 Å². The Morgan fingerprint density at radius 2 is 1.77 bits per heavy atom. The van der Waals surface area contributed by atoms with Gasteiger partial charge in [0.25, 0.3) is 0 Å². The lowest BCUT2D eigenvalue weighted by Crippen LogP contribution is -2.51. The molecule has 5 nitrogen and oxygen atoms in total. The molecule has 1 amide bonds. The summed E-state index contributed by atoms with van der Waals surface area (Å²) in [7, 11) is 0. The second-order valence-electron chi connectivity index (χ2n) is 9.87. The molecule has 2 heterocycles. The van der Waals surface area contributed by atoms with Crippen LogP contribution in [0.15, 0.2) is 34.9 Å². The lowest BCUT2D eigenvalue weighted by Gasteiger charge is -2.38. The molecule has 2 aromatic rings. The molecule has 0 unspecified atom stereocenters. The molecule has 1 saturated carbocycles. The summed E-state index contributed by atoms with van der Waals surface area (Å²) in [6.45, 7) is 10.4. The third-order valence-corrected chi connectivity index (χ3v) is 6.93. The third kappa shape index (κ3) is 5.20. The highest BCUT2D eigenvalue weighted by Gasteiger charge is 2.29. The molecule has 1 saturated heterocycles. The summed E-state index contributed by atoms with van der Waals surface area (Å²) >= 11 is 3.57. The molecule has 30 heavy (non-hydrogen) atoms. The summed E-state index contributed by atoms with van der Waals surface area (Å²) < 4.78 is 9.14. The van der Waals surface area contributed by atoms with Crippen LogP contribution >= 0.6 is 15.9 Å². The van der Waals surface area contributed by atoms with Crippen LogP contribution in [0.2, 0.25) is 0 Å². The van der Waals surface area contributed by atoms with Crippen molar-refractivity contribution in [3.63, 3.8) is 0 Å². The smallest absolute Gasteiger partial charge is 0.410 e. The minimum atomic E-state index is -0.422. The zero-order chi connectivity index (χ0) is 21.3. The largest absolute Gasteiger partial charge is 0.444 e. The minimum Gasteiger partial charge on any atom is -0.444 e. The van der Waals surface area contributed by atoms with E-state index in [0.717, 1.165) is 43.1 Å². The molecule has 1 aromatic carbocycles. The average molecular weight is 476 g/mol. The first kappa shape index (κ1) is 21.7. The number of hydrogen-bond acceptors (Lipinski definition) is 3. The van der Waals surface area contributed by atoms with Gasteiger partial charge in [0.05, 0.1) is 0 Å². The van der Waals surface area contributed by atoms with E-state index in [9.17, 15) is 4.79 Å². The number of halogens is 1. The standard InChI is InChI=1S/C24H34BrN3O2/c1-24(2,3)30-23(29)27-14-12-26(13-15-27)17-18-4-7-21(8-5-18)28-11-10-19-16-20(25)6-9-22(19)28/h6,9-11,16,18,21H,4-5,7-8,12-15,17H2,1-3H3. The summed E-state index contributed by atoms with van der Waals surface area (Å²) in [6.07, 6.45) is 7.16. The number of nitrogens with zero attached hydrogens (tertiary/aromatic N) is 3. The van der Waals surface area contributed by atoms with Crippen molar-refractivity contribution in [3.05, 3.63) is 34.9 Å². The number of carbonyl (C=O) groups excluding carboxylic acids is 1. The Balaban J connectivity index is 1.24. The van der Waals surface area contributed by atoms with E-state index >= 15 is 0 Å². The quantitative estimate of drug-likeness (QED) is 0.572. The zero-order valence-electron chi connectivity index (χ0n) is 18.4. The molecule has 1 aromatic heterocycles. The summed E-state index contributed by atoms with van der Waals surface area (Å²) in [5.41, 5.74) is 0.925. The van der Waals surface area contributed by atoms with E-state index in [1.54, 1.807) is 0 Å². The maximum atomic E-state index is 12.3. The number of amides is 1. The van der Waals surface area contributed by atoms with Crippen LogP contribution in [0, 0.1) is 5.92 Å². The Bertz CT molecular complexity index is 872. The molecule has 164 valence electrons. The van der Waals surface area contributed by atoms with Gasteiger partial charge in [0.1, 0.15) is 5.60 Å². The van der Waals surface area contributed by atoms with E-state index in [4.69, 9.17) is 4.74 Å². The van der Waals surface area contributed by atoms with E-state index in [2.05, 4.69) is 55.9 Å². The van der Waals surface area contributed by atoms with Crippen molar-refractivity contribution >= 4 is 32.9 Å². The second-order valence-corrected chi connectivity index (χ2v) is 10.8. The predicted molar refractivity (Wildman–Crippen MR) is 125 cm³/mol. The number of rotatable bonds is 3. The van der Waals surface area contributed by atoms with E-state index in [-0.39, 0.29) is 6.09 Å². The number of fused-ring (bicyclic) bond motifs is 1. The Kier molecular flexibility index (Phi) is 6.44. The van der Waals surface area contributed by atoms with E-state index in [1.165, 1.54) is 36.6 Å². The molecule has 0 radical (unpaired) electrons. The Hall–Kier alpha value is -1.53. The number of carbonyl (C=O) groups is 1. The van der Waals surface area contributed by atoms with Crippen molar-refractivity contribution in [3.8, 4) is 0 Å². The van der Waals surface area contributed by atoms with Crippen LogP contribution in [0.3, 0.4) is 0 Å². The summed E-state index contributed by atoms with van der Waals surface area (Å²) in [4.78, 5) is 16.6. The van der Waals surface area contributed by atoms with Gasteiger partial charge in [0.2, 0.25) is 0 Å². The van der Waals surface area contributed by atoms with Gasteiger partial charge < -0.3 is 14.2 Å². The molecule has 1 aliphatic heterocycles. The predicted octanol–water partition coefficient (Wildman–Crippen LogP) is 5.69. The SMILES string of the molecule is CC(C)(C)OC(=O)N1CCN(CC2CCC(n3ccc4cc(Br)ccc43)CC2)CC1. The van der Waals surface area contributed by atoms with Gasteiger partial charge in [-0.25, -0.2) is 4.79 Å². The molecule has 6 heteroatoms. The van der Waals surface area contributed by atoms with Gasteiger partial charge in [-0.2, -0.15) is 0 Å². The fourth-order valence-corrected chi connectivity index (χ4v) is 5.24. The van der Waals surface area contributed by atoms with Crippen LogP contribution < -0.4 is 0 Å². The van der Waals surface area contributed by atoms with E-state index in [1.807, 2.05) is 25.7 Å². The molecule has 0 bridgehead atoms. The number of ether oxygens (including phenoxy) is 1. The van der Waals surface area contributed by atoms with Crippen LogP contribution in [0.4, 0.5) is 4.79 Å². The van der Waals surface area contributed by atoms with Gasteiger partial charge in [-0.15, -0.1) is 0 Å². The van der Waals surface area contributed by atoms with Gasteiger partial charge in [-0.3, -0.25) is 4.90 Å². The fraction of sp³-hybridized carbons (Fsp3) is 0.625. The summed E-state index contributed by atoms with van der Waals surface area (Å²) in [5.74, 6) is 0.769. The minimum absolute atomic E-state index is 0.173. The van der Waals surface area contributed by atoms with Crippen LogP contribution in [-0.4, -0.2) is 58.8 Å². The molecule has 2 fully saturated rings. The molecule has 2 aliphatic rings. The van der Waals surface area contributed by atoms with Crippen LogP contribution in [0.25, 0.3) is 10.9 Å². The van der Waals surface area contributed by atoms with Crippen molar-refractivity contribution < 1.29 is 9.53 Å². The monoisotopic (exact) mass is 475 g/mol. The van der Waals surface area contributed by atoms with Gasteiger partial charge >= 0.3 is 6.09 Å². The number of piperazine rings is 1. The molecule has 0 N–H and O–H groups in total. The van der Waals surface area contributed by atoms with Crippen molar-refractivity contribution in [2.24, 2.45) is 5.92 Å². The maximum Gasteiger partial charge on any atom is 0.410 e. The maximum absolute atomic E-state index is 12.3. The number of aromatic nitrogens is 1.